The Hall–Kier alpha value is -2.30. The van der Waals surface area contributed by atoms with Crippen LogP contribution < -0.4 is 10.5 Å². The number of hydrogen-bond donors (Lipinski definition) is 1. The van der Waals surface area contributed by atoms with Gasteiger partial charge in [-0.25, -0.2) is 0 Å². The Morgan fingerprint density at radius 1 is 0.857 bits per heavy atom. The molecular weight excluding hydrogens is 476 g/mol. The number of benzene rings is 2. The molecule has 1 heterocycles. The third kappa shape index (κ3) is 7.85. The third-order valence-electron chi connectivity index (χ3n) is 5.82. The molecule has 0 amide bonds. The summed E-state index contributed by atoms with van der Waals surface area (Å²) in [5, 5.41) is 0. The van der Waals surface area contributed by atoms with Crippen LogP contribution in [0.2, 0.25) is 0 Å². The van der Waals surface area contributed by atoms with Gasteiger partial charge in [-0.05, 0) is 74.9 Å². The normalized spacial score (nSPS) is 17.9. The van der Waals surface area contributed by atoms with Gasteiger partial charge in [0.25, 0.3) is 0 Å². The molecular formula is C25H29F6NO3. The monoisotopic (exact) mass is 505 g/mol. The van der Waals surface area contributed by atoms with Crippen LogP contribution in [0.5, 0.6) is 5.75 Å². The van der Waals surface area contributed by atoms with Gasteiger partial charge < -0.3 is 19.9 Å². The van der Waals surface area contributed by atoms with E-state index in [4.69, 9.17) is 19.9 Å². The van der Waals surface area contributed by atoms with Gasteiger partial charge in [-0.1, -0.05) is 18.2 Å². The van der Waals surface area contributed by atoms with Crippen molar-refractivity contribution < 1.29 is 40.6 Å². The van der Waals surface area contributed by atoms with Crippen LogP contribution in [-0.2, 0) is 34.7 Å². The minimum Gasteiger partial charge on any atom is -0.493 e. The van der Waals surface area contributed by atoms with Crippen LogP contribution in [-0.4, -0.2) is 31.1 Å². The summed E-state index contributed by atoms with van der Waals surface area (Å²) in [6, 6.07) is 8.58. The molecule has 0 aromatic heterocycles. The number of aryl methyl sites for hydroxylation is 2. The Labute approximate surface area is 200 Å². The van der Waals surface area contributed by atoms with E-state index in [0.29, 0.717) is 36.8 Å². The van der Waals surface area contributed by atoms with Gasteiger partial charge >= 0.3 is 12.4 Å². The van der Waals surface area contributed by atoms with E-state index in [1.54, 1.807) is 19.9 Å². The van der Waals surface area contributed by atoms with Crippen molar-refractivity contribution >= 4 is 0 Å². The molecule has 0 bridgehead atoms. The first kappa shape index (κ1) is 27.3. The summed E-state index contributed by atoms with van der Waals surface area (Å²) in [6.07, 6.45) is -7.62. The number of alkyl halides is 6. The maximum Gasteiger partial charge on any atom is 0.419 e. The molecule has 0 saturated carbocycles. The molecule has 1 fully saturated rings. The largest absolute Gasteiger partial charge is 0.493 e. The summed E-state index contributed by atoms with van der Waals surface area (Å²) >= 11 is 0. The van der Waals surface area contributed by atoms with Crippen molar-refractivity contribution in [1.82, 2.24) is 0 Å². The zero-order valence-corrected chi connectivity index (χ0v) is 19.6. The summed E-state index contributed by atoms with van der Waals surface area (Å²) in [6.45, 7) is 4.01. The van der Waals surface area contributed by atoms with E-state index in [1.807, 2.05) is 0 Å². The summed E-state index contributed by atoms with van der Waals surface area (Å²) in [4.78, 5) is 0. The SMILES string of the molecule is CC1(C)OCC(N)(CCc2ccc(OCCCc3ccc(C(F)(F)F)cc3)c(C(F)(F)F)c2)CO1. The zero-order valence-electron chi connectivity index (χ0n) is 19.6. The van der Waals surface area contributed by atoms with Crippen molar-refractivity contribution in [1.29, 1.82) is 0 Å². The van der Waals surface area contributed by atoms with Crippen LogP contribution in [0.1, 0.15) is 48.9 Å². The molecule has 2 aromatic rings. The smallest absolute Gasteiger partial charge is 0.419 e. The lowest BCUT2D eigenvalue weighted by atomic mass is 9.92. The lowest BCUT2D eigenvalue weighted by molar-refractivity contribution is -0.267. The molecule has 2 aromatic carbocycles. The van der Waals surface area contributed by atoms with Gasteiger partial charge in [-0.2, -0.15) is 26.3 Å². The highest BCUT2D eigenvalue weighted by molar-refractivity contribution is 5.39. The first-order valence-corrected chi connectivity index (χ1v) is 11.2. The second-order valence-electron chi connectivity index (χ2n) is 9.31. The minimum atomic E-state index is -4.61. The molecule has 10 heteroatoms. The van der Waals surface area contributed by atoms with E-state index >= 15 is 0 Å². The molecule has 0 aliphatic carbocycles. The molecule has 35 heavy (non-hydrogen) atoms. The van der Waals surface area contributed by atoms with Crippen molar-refractivity contribution in [3.8, 4) is 5.75 Å². The van der Waals surface area contributed by atoms with Crippen molar-refractivity contribution in [2.24, 2.45) is 5.73 Å². The van der Waals surface area contributed by atoms with Gasteiger partial charge in [0.05, 0.1) is 36.5 Å². The van der Waals surface area contributed by atoms with Gasteiger partial charge in [0.15, 0.2) is 5.79 Å². The van der Waals surface area contributed by atoms with Crippen LogP contribution in [0, 0.1) is 0 Å². The Morgan fingerprint density at radius 2 is 1.46 bits per heavy atom. The van der Waals surface area contributed by atoms with Crippen LogP contribution in [0.3, 0.4) is 0 Å². The summed E-state index contributed by atoms with van der Waals surface area (Å²) in [5.74, 6) is -1.03. The molecule has 4 nitrogen and oxygen atoms in total. The van der Waals surface area contributed by atoms with E-state index in [9.17, 15) is 26.3 Å². The van der Waals surface area contributed by atoms with Crippen molar-refractivity contribution in [2.45, 2.75) is 63.2 Å². The number of nitrogens with two attached hydrogens (primary N) is 1. The van der Waals surface area contributed by atoms with Gasteiger partial charge in [0.2, 0.25) is 0 Å². The summed E-state index contributed by atoms with van der Waals surface area (Å²) in [5.41, 5.74) is 4.97. The van der Waals surface area contributed by atoms with E-state index in [0.717, 1.165) is 18.2 Å². The quantitative estimate of drug-likeness (QED) is 0.346. The lowest BCUT2D eigenvalue weighted by Gasteiger charge is -2.41. The van der Waals surface area contributed by atoms with Crippen molar-refractivity contribution in [3.05, 3.63) is 64.7 Å². The first-order chi connectivity index (χ1) is 16.2. The van der Waals surface area contributed by atoms with Crippen LogP contribution >= 0.6 is 0 Å². The van der Waals surface area contributed by atoms with Gasteiger partial charge in [0.1, 0.15) is 5.75 Å². The predicted octanol–water partition coefficient (Wildman–Crippen LogP) is 6.15. The highest BCUT2D eigenvalue weighted by Gasteiger charge is 2.38. The fourth-order valence-corrected chi connectivity index (χ4v) is 3.65. The fourth-order valence-electron chi connectivity index (χ4n) is 3.65. The van der Waals surface area contributed by atoms with Crippen LogP contribution in [0.25, 0.3) is 0 Å². The number of hydrogen-bond acceptors (Lipinski definition) is 4. The van der Waals surface area contributed by atoms with Crippen LogP contribution in [0.4, 0.5) is 26.3 Å². The fraction of sp³-hybridized carbons (Fsp3) is 0.520. The molecule has 0 spiro atoms. The topological polar surface area (TPSA) is 53.7 Å². The Kier molecular flexibility index (Phi) is 8.08. The maximum absolute atomic E-state index is 13.7. The number of halogens is 6. The molecule has 2 N–H and O–H groups in total. The molecule has 1 aliphatic rings. The van der Waals surface area contributed by atoms with Gasteiger partial charge in [-0.3, -0.25) is 0 Å². The van der Waals surface area contributed by atoms with Crippen molar-refractivity contribution in [2.75, 3.05) is 19.8 Å². The molecule has 3 rings (SSSR count). The van der Waals surface area contributed by atoms with Crippen molar-refractivity contribution in [3.63, 3.8) is 0 Å². The molecule has 1 aliphatic heterocycles. The minimum absolute atomic E-state index is 0.0141. The lowest BCUT2D eigenvalue weighted by Crippen LogP contribution is -2.57. The third-order valence-corrected chi connectivity index (χ3v) is 5.82. The molecule has 0 atom stereocenters. The van der Waals surface area contributed by atoms with Gasteiger partial charge in [0, 0.05) is 0 Å². The zero-order chi connectivity index (χ0) is 25.9. The van der Waals surface area contributed by atoms with E-state index in [-0.39, 0.29) is 25.6 Å². The molecule has 1 saturated heterocycles. The molecule has 0 radical (unpaired) electrons. The highest BCUT2D eigenvalue weighted by Crippen LogP contribution is 2.37. The summed E-state index contributed by atoms with van der Waals surface area (Å²) < 4.78 is 95.4. The number of rotatable bonds is 8. The second kappa shape index (κ2) is 10.4. The maximum atomic E-state index is 13.7. The average Bonchev–Trinajstić information content (AvgIpc) is 2.77. The highest BCUT2D eigenvalue weighted by atomic mass is 19.4. The molecule has 194 valence electrons. The number of ether oxygens (including phenoxy) is 3. The van der Waals surface area contributed by atoms with E-state index in [2.05, 4.69) is 0 Å². The average molecular weight is 505 g/mol. The second-order valence-corrected chi connectivity index (χ2v) is 9.31. The molecule has 0 unspecified atom stereocenters. The first-order valence-electron chi connectivity index (χ1n) is 11.2. The predicted molar refractivity (Wildman–Crippen MR) is 118 cm³/mol. The van der Waals surface area contributed by atoms with E-state index < -0.39 is 34.8 Å². The Bertz CT molecular complexity index is 976. The standard InChI is InChI=1S/C25H29F6NO3/c1-22(2)34-15-23(32,16-35-22)12-11-18-7-10-21(20(14-18)25(29,30)31)33-13-3-4-17-5-8-19(9-6-17)24(26,27)28/h5-10,14H,3-4,11-13,15-16,32H2,1-2H3. The Balaban J connectivity index is 1.56. The summed E-state index contributed by atoms with van der Waals surface area (Å²) in [7, 11) is 0. The Morgan fingerprint density at radius 3 is 2.03 bits per heavy atom. The van der Waals surface area contributed by atoms with Gasteiger partial charge in [-0.15, -0.1) is 0 Å². The van der Waals surface area contributed by atoms with E-state index in [1.165, 1.54) is 18.2 Å². The van der Waals surface area contributed by atoms with Crippen LogP contribution in [0.15, 0.2) is 42.5 Å².